The topological polar surface area (TPSA) is 67.2 Å². The highest BCUT2D eigenvalue weighted by molar-refractivity contribution is 7.80. The first-order chi connectivity index (χ1) is 11.7. The molecule has 0 bridgehead atoms. The molecule has 0 radical (unpaired) electrons. The van der Waals surface area contributed by atoms with Gasteiger partial charge in [0.05, 0.1) is 26.6 Å². The number of ether oxygens (including phenoxy) is 2. The van der Waals surface area contributed by atoms with Crippen LogP contribution in [0.2, 0.25) is 0 Å². The van der Waals surface area contributed by atoms with Crippen LogP contribution in [-0.2, 0) is 0 Å². The summed E-state index contributed by atoms with van der Waals surface area (Å²) in [4.78, 5) is 0. The number of para-hydroxylation sites is 2. The van der Waals surface area contributed by atoms with E-state index in [-0.39, 0.29) is 5.11 Å². The number of nitrogens with zero attached hydrogens (tertiary/aromatic N) is 2. The van der Waals surface area contributed by atoms with Crippen LogP contribution in [0.4, 0.5) is 0 Å². The number of rotatable bonds is 6. The van der Waals surface area contributed by atoms with Gasteiger partial charge in [-0.2, -0.15) is 10.2 Å². The van der Waals surface area contributed by atoms with Crippen LogP contribution in [0.15, 0.2) is 58.7 Å². The predicted octanol–water partition coefficient (Wildman–Crippen LogP) is 2.54. The van der Waals surface area contributed by atoms with Crippen LogP contribution >= 0.6 is 12.2 Å². The summed E-state index contributed by atoms with van der Waals surface area (Å²) in [5, 5.41) is 8.38. The molecule has 0 aliphatic rings. The summed E-state index contributed by atoms with van der Waals surface area (Å²) in [6.07, 6.45) is 3.24. The molecule has 0 aliphatic carbocycles. The number of thiocarbonyl (C=S) groups is 1. The zero-order valence-electron chi connectivity index (χ0n) is 13.4. The normalized spacial score (nSPS) is 10.8. The number of benzene rings is 2. The van der Waals surface area contributed by atoms with Crippen molar-refractivity contribution in [3.05, 3.63) is 59.7 Å². The zero-order valence-corrected chi connectivity index (χ0v) is 14.2. The van der Waals surface area contributed by atoms with Crippen molar-refractivity contribution in [1.29, 1.82) is 0 Å². The lowest BCUT2D eigenvalue weighted by molar-refractivity contribution is 0.414. The van der Waals surface area contributed by atoms with Gasteiger partial charge in [-0.1, -0.05) is 24.3 Å². The van der Waals surface area contributed by atoms with Crippen LogP contribution in [0.3, 0.4) is 0 Å². The Morgan fingerprint density at radius 2 is 1.25 bits per heavy atom. The van der Waals surface area contributed by atoms with Crippen LogP contribution in [0.25, 0.3) is 0 Å². The Kier molecular flexibility index (Phi) is 6.73. The Morgan fingerprint density at radius 3 is 1.67 bits per heavy atom. The SMILES string of the molecule is COc1ccccc1/C=N/NC(=S)N/N=C/c1ccccc1OC. The molecular weight excluding hydrogens is 324 g/mol. The molecule has 0 aliphatic heterocycles. The summed E-state index contributed by atoms with van der Waals surface area (Å²) >= 11 is 5.10. The van der Waals surface area contributed by atoms with Crippen molar-refractivity contribution in [2.75, 3.05) is 14.2 Å². The van der Waals surface area contributed by atoms with Gasteiger partial charge < -0.3 is 9.47 Å². The smallest absolute Gasteiger partial charge is 0.207 e. The summed E-state index contributed by atoms with van der Waals surface area (Å²) in [6.45, 7) is 0. The standard InChI is InChI=1S/C17H18N4O2S/c1-22-15-9-5-3-7-13(15)11-18-20-17(24)21-19-12-14-8-4-6-10-16(14)23-2/h3-12H,1-2H3,(H2,20,21,24)/b18-11+,19-12+. The van der Waals surface area contributed by atoms with Crippen LogP contribution in [0.1, 0.15) is 11.1 Å². The van der Waals surface area contributed by atoms with Gasteiger partial charge in [-0.05, 0) is 36.5 Å². The summed E-state index contributed by atoms with van der Waals surface area (Å²) in [5.41, 5.74) is 7.05. The van der Waals surface area contributed by atoms with Crippen molar-refractivity contribution < 1.29 is 9.47 Å². The Morgan fingerprint density at radius 1 is 0.833 bits per heavy atom. The summed E-state index contributed by atoms with van der Waals surface area (Å²) in [5.74, 6) is 1.47. The first-order valence-electron chi connectivity index (χ1n) is 7.12. The molecule has 0 amide bonds. The lowest BCUT2D eigenvalue weighted by Gasteiger charge is -2.05. The minimum Gasteiger partial charge on any atom is -0.496 e. The van der Waals surface area contributed by atoms with E-state index < -0.39 is 0 Å². The Labute approximate surface area is 146 Å². The van der Waals surface area contributed by atoms with Crippen molar-refractivity contribution >= 4 is 29.8 Å². The second-order valence-electron chi connectivity index (χ2n) is 4.55. The molecule has 2 aromatic rings. The van der Waals surface area contributed by atoms with Crippen LogP contribution in [0.5, 0.6) is 11.5 Å². The second-order valence-corrected chi connectivity index (χ2v) is 4.96. The van der Waals surface area contributed by atoms with Crippen LogP contribution < -0.4 is 20.3 Å². The third-order valence-corrected chi connectivity index (χ3v) is 3.20. The van der Waals surface area contributed by atoms with E-state index in [4.69, 9.17) is 21.7 Å². The highest BCUT2D eigenvalue weighted by Crippen LogP contribution is 2.15. The molecule has 0 saturated heterocycles. The number of hydrogen-bond acceptors (Lipinski definition) is 5. The van der Waals surface area contributed by atoms with Crippen molar-refractivity contribution in [2.24, 2.45) is 10.2 Å². The highest BCUT2D eigenvalue weighted by Gasteiger charge is 1.99. The first-order valence-corrected chi connectivity index (χ1v) is 7.53. The average molecular weight is 342 g/mol. The maximum atomic E-state index is 5.24. The Hall–Kier alpha value is -2.93. The largest absolute Gasteiger partial charge is 0.496 e. The van der Waals surface area contributed by atoms with E-state index in [1.54, 1.807) is 26.6 Å². The Bertz CT molecular complexity index is 685. The molecule has 0 heterocycles. The molecule has 7 heteroatoms. The zero-order chi connectivity index (χ0) is 17.2. The minimum atomic E-state index is 0.271. The Balaban J connectivity index is 1.87. The van der Waals surface area contributed by atoms with Gasteiger partial charge in [0.2, 0.25) is 5.11 Å². The van der Waals surface area contributed by atoms with Gasteiger partial charge in [0.1, 0.15) is 11.5 Å². The van der Waals surface area contributed by atoms with Gasteiger partial charge >= 0.3 is 0 Å². The fraction of sp³-hybridized carbons (Fsp3) is 0.118. The van der Waals surface area contributed by atoms with E-state index in [9.17, 15) is 0 Å². The molecule has 24 heavy (non-hydrogen) atoms. The molecule has 0 aromatic heterocycles. The molecule has 2 aromatic carbocycles. The predicted molar refractivity (Wildman–Crippen MR) is 100 cm³/mol. The number of nitrogens with one attached hydrogen (secondary N) is 2. The maximum absolute atomic E-state index is 5.24. The van der Waals surface area contributed by atoms with E-state index in [2.05, 4.69) is 21.1 Å². The van der Waals surface area contributed by atoms with Gasteiger partial charge in [0, 0.05) is 11.1 Å². The highest BCUT2D eigenvalue weighted by atomic mass is 32.1. The number of methoxy groups -OCH3 is 2. The molecule has 2 N–H and O–H groups in total. The van der Waals surface area contributed by atoms with E-state index in [0.29, 0.717) is 0 Å². The summed E-state index contributed by atoms with van der Waals surface area (Å²) in [7, 11) is 3.22. The molecule has 2 rings (SSSR count). The molecule has 6 nitrogen and oxygen atoms in total. The van der Waals surface area contributed by atoms with E-state index in [1.165, 1.54) is 0 Å². The second kappa shape index (κ2) is 9.26. The first kappa shape index (κ1) is 17.4. The molecule has 0 saturated carbocycles. The third kappa shape index (κ3) is 5.06. The monoisotopic (exact) mass is 342 g/mol. The molecule has 0 spiro atoms. The molecule has 0 fully saturated rings. The maximum Gasteiger partial charge on any atom is 0.207 e. The van der Waals surface area contributed by atoms with Gasteiger partial charge in [0.15, 0.2) is 0 Å². The van der Waals surface area contributed by atoms with Crippen molar-refractivity contribution in [3.8, 4) is 11.5 Å². The molecule has 124 valence electrons. The lowest BCUT2D eigenvalue weighted by Crippen LogP contribution is -2.28. The molecular formula is C17H18N4O2S. The van der Waals surface area contributed by atoms with Gasteiger partial charge in [-0.15, -0.1) is 0 Å². The lowest BCUT2D eigenvalue weighted by atomic mass is 10.2. The van der Waals surface area contributed by atoms with Crippen molar-refractivity contribution in [3.63, 3.8) is 0 Å². The van der Waals surface area contributed by atoms with Crippen molar-refractivity contribution in [1.82, 2.24) is 10.9 Å². The van der Waals surface area contributed by atoms with Crippen LogP contribution in [0, 0.1) is 0 Å². The molecule has 0 unspecified atom stereocenters. The minimum absolute atomic E-state index is 0.271. The quantitative estimate of drug-likeness (QED) is 0.480. The number of hydrazone groups is 2. The fourth-order valence-electron chi connectivity index (χ4n) is 1.89. The van der Waals surface area contributed by atoms with Crippen molar-refractivity contribution in [2.45, 2.75) is 0 Å². The van der Waals surface area contributed by atoms with Gasteiger partial charge in [0.25, 0.3) is 0 Å². The number of hydrogen-bond donors (Lipinski definition) is 2. The van der Waals surface area contributed by atoms with Gasteiger partial charge in [-0.3, -0.25) is 10.9 Å². The summed E-state index contributed by atoms with van der Waals surface area (Å²) < 4.78 is 10.5. The van der Waals surface area contributed by atoms with E-state index in [0.717, 1.165) is 22.6 Å². The van der Waals surface area contributed by atoms with Gasteiger partial charge in [-0.25, -0.2) is 0 Å². The fourth-order valence-corrected chi connectivity index (χ4v) is 2.00. The average Bonchev–Trinajstić information content (AvgIpc) is 2.62. The third-order valence-electron chi connectivity index (χ3n) is 3.02. The molecule has 0 atom stereocenters. The summed E-state index contributed by atoms with van der Waals surface area (Å²) in [6, 6.07) is 15.1. The van der Waals surface area contributed by atoms with E-state index in [1.807, 2.05) is 48.5 Å². The van der Waals surface area contributed by atoms with Crippen LogP contribution in [-0.4, -0.2) is 31.8 Å². The van der Waals surface area contributed by atoms with E-state index >= 15 is 0 Å².